The molecular weight excluding hydrogens is 423 g/mol. The molecule has 5 nitrogen and oxygen atoms in total. The summed E-state index contributed by atoms with van der Waals surface area (Å²) in [5.74, 6) is 0.317. The van der Waals surface area contributed by atoms with Crippen LogP contribution < -0.4 is 9.46 Å². The lowest BCUT2D eigenvalue weighted by Gasteiger charge is -2.09. The van der Waals surface area contributed by atoms with Crippen molar-refractivity contribution in [3.63, 3.8) is 0 Å². The standard InChI is InChI=1S/C22H17FN2O3S2/c23-19-7-3-17(4-8-19)18-5-11-21(12-6-18)30(26,27)25-15-16-1-9-20(10-2-16)28-22-24-13-14-29-22/h1-14,25H,15H2. The van der Waals surface area contributed by atoms with E-state index in [2.05, 4.69) is 9.71 Å². The topological polar surface area (TPSA) is 68.3 Å². The van der Waals surface area contributed by atoms with Gasteiger partial charge in [0.15, 0.2) is 0 Å². The van der Waals surface area contributed by atoms with Gasteiger partial charge < -0.3 is 4.74 Å². The highest BCUT2D eigenvalue weighted by molar-refractivity contribution is 7.89. The Labute approximate surface area is 177 Å². The molecule has 4 aromatic rings. The Balaban J connectivity index is 1.39. The van der Waals surface area contributed by atoms with Crippen molar-refractivity contribution >= 4 is 21.4 Å². The molecule has 0 aliphatic heterocycles. The van der Waals surface area contributed by atoms with E-state index in [1.807, 2.05) is 5.38 Å². The van der Waals surface area contributed by atoms with E-state index in [0.29, 0.717) is 10.9 Å². The number of thiazole rings is 1. The van der Waals surface area contributed by atoms with Crippen LogP contribution in [-0.2, 0) is 16.6 Å². The third-order valence-corrected chi connectivity index (χ3v) is 6.41. The molecule has 0 amide bonds. The monoisotopic (exact) mass is 440 g/mol. The maximum atomic E-state index is 13.1. The minimum absolute atomic E-state index is 0.152. The molecule has 0 unspecified atom stereocenters. The van der Waals surface area contributed by atoms with Gasteiger partial charge in [-0.2, -0.15) is 0 Å². The molecule has 1 heterocycles. The zero-order valence-electron chi connectivity index (χ0n) is 15.7. The van der Waals surface area contributed by atoms with Gasteiger partial charge in [-0.25, -0.2) is 22.5 Å². The van der Waals surface area contributed by atoms with Crippen LogP contribution >= 0.6 is 11.3 Å². The average Bonchev–Trinajstić information content (AvgIpc) is 3.27. The summed E-state index contributed by atoms with van der Waals surface area (Å²) in [5.41, 5.74) is 2.42. The Hall–Kier alpha value is -3.07. The van der Waals surface area contributed by atoms with Gasteiger partial charge in [0, 0.05) is 18.1 Å². The van der Waals surface area contributed by atoms with E-state index in [-0.39, 0.29) is 17.3 Å². The summed E-state index contributed by atoms with van der Waals surface area (Å²) in [5, 5.41) is 2.37. The molecule has 0 spiro atoms. The van der Waals surface area contributed by atoms with Crippen molar-refractivity contribution in [2.24, 2.45) is 0 Å². The molecule has 0 aliphatic carbocycles. The smallest absolute Gasteiger partial charge is 0.278 e. The largest absolute Gasteiger partial charge is 0.431 e. The molecule has 3 aromatic carbocycles. The second kappa shape index (κ2) is 8.74. The summed E-state index contributed by atoms with van der Waals surface area (Å²) in [7, 11) is -3.66. The van der Waals surface area contributed by atoms with Crippen molar-refractivity contribution in [2.45, 2.75) is 11.4 Å². The zero-order valence-corrected chi connectivity index (χ0v) is 17.3. The van der Waals surface area contributed by atoms with E-state index in [4.69, 9.17) is 4.74 Å². The Kier molecular flexibility index (Phi) is 5.89. The molecule has 0 aliphatic rings. The molecule has 1 aromatic heterocycles. The summed E-state index contributed by atoms with van der Waals surface area (Å²) in [6, 6.07) is 19.6. The van der Waals surface area contributed by atoms with E-state index < -0.39 is 10.0 Å². The average molecular weight is 441 g/mol. The number of nitrogens with one attached hydrogen (secondary N) is 1. The first-order valence-corrected chi connectivity index (χ1v) is 11.4. The van der Waals surface area contributed by atoms with Crippen LogP contribution in [0.4, 0.5) is 4.39 Å². The fourth-order valence-corrected chi connectivity index (χ4v) is 4.29. The van der Waals surface area contributed by atoms with Crippen LogP contribution in [0.5, 0.6) is 10.9 Å². The number of hydrogen-bond donors (Lipinski definition) is 1. The normalized spacial score (nSPS) is 11.4. The number of ether oxygens (including phenoxy) is 1. The van der Waals surface area contributed by atoms with Crippen molar-refractivity contribution in [3.8, 4) is 22.1 Å². The van der Waals surface area contributed by atoms with Crippen LogP contribution in [0.25, 0.3) is 11.1 Å². The number of halogens is 1. The van der Waals surface area contributed by atoms with Gasteiger partial charge in [0.25, 0.3) is 5.19 Å². The summed E-state index contributed by atoms with van der Waals surface area (Å²) in [4.78, 5) is 4.22. The number of sulfonamides is 1. The van der Waals surface area contributed by atoms with Gasteiger partial charge in [0.1, 0.15) is 11.6 Å². The third-order valence-electron chi connectivity index (χ3n) is 4.35. The molecule has 0 atom stereocenters. The van der Waals surface area contributed by atoms with Crippen LogP contribution in [0.2, 0.25) is 0 Å². The molecular formula is C22H17FN2O3S2. The molecule has 0 saturated heterocycles. The van der Waals surface area contributed by atoms with E-state index in [1.165, 1.54) is 35.6 Å². The maximum absolute atomic E-state index is 13.1. The maximum Gasteiger partial charge on any atom is 0.278 e. The fourth-order valence-electron chi connectivity index (χ4n) is 2.77. The summed E-state index contributed by atoms with van der Waals surface area (Å²) >= 11 is 1.39. The fraction of sp³-hybridized carbons (Fsp3) is 0.0455. The summed E-state index contributed by atoms with van der Waals surface area (Å²) < 4.78 is 46.4. The number of rotatable bonds is 7. The lowest BCUT2D eigenvalue weighted by molar-refractivity contribution is 0.478. The molecule has 8 heteroatoms. The highest BCUT2D eigenvalue weighted by Gasteiger charge is 2.14. The van der Waals surface area contributed by atoms with Gasteiger partial charge in [-0.1, -0.05) is 47.7 Å². The van der Waals surface area contributed by atoms with Crippen molar-refractivity contribution in [1.29, 1.82) is 0 Å². The summed E-state index contributed by atoms with van der Waals surface area (Å²) in [6.07, 6.45) is 1.66. The van der Waals surface area contributed by atoms with Crippen molar-refractivity contribution in [2.75, 3.05) is 0 Å². The number of aromatic nitrogens is 1. The van der Waals surface area contributed by atoms with Gasteiger partial charge >= 0.3 is 0 Å². The molecule has 0 radical (unpaired) electrons. The Morgan fingerprint density at radius 3 is 2.13 bits per heavy atom. The van der Waals surface area contributed by atoms with Crippen LogP contribution in [0.3, 0.4) is 0 Å². The molecule has 0 fully saturated rings. The van der Waals surface area contributed by atoms with Gasteiger partial charge in [-0.15, -0.1) is 0 Å². The van der Waals surface area contributed by atoms with Crippen LogP contribution in [0, 0.1) is 5.82 Å². The van der Waals surface area contributed by atoms with Crippen LogP contribution in [0.15, 0.2) is 89.3 Å². The predicted octanol–water partition coefficient (Wildman–Crippen LogP) is 5.22. The highest BCUT2D eigenvalue weighted by Crippen LogP contribution is 2.24. The van der Waals surface area contributed by atoms with E-state index in [9.17, 15) is 12.8 Å². The molecule has 1 N–H and O–H groups in total. The lowest BCUT2D eigenvalue weighted by atomic mass is 10.1. The van der Waals surface area contributed by atoms with Gasteiger partial charge in [-0.3, -0.25) is 0 Å². The first-order chi connectivity index (χ1) is 14.5. The molecule has 30 heavy (non-hydrogen) atoms. The summed E-state index contributed by atoms with van der Waals surface area (Å²) in [6.45, 7) is 0.152. The van der Waals surface area contributed by atoms with E-state index >= 15 is 0 Å². The van der Waals surface area contributed by atoms with Gasteiger partial charge in [-0.05, 0) is 53.1 Å². The highest BCUT2D eigenvalue weighted by atomic mass is 32.2. The molecule has 4 rings (SSSR count). The van der Waals surface area contributed by atoms with Gasteiger partial charge in [0.05, 0.1) is 4.90 Å². The minimum atomic E-state index is -3.66. The van der Waals surface area contributed by atoms with Crippen LogP contribution in [0.1, 0.15) is 5.56 Å². The third kappa shape index (κ3) is 4.91. The second-order valence-electron chi connectivity index (χ2n) is 6.40. The predicted molar refractivity (Wildman–Crippen MR) is 114 cm³/mol. The van der Waals surface area contributed by atoms with Crippen molar-refractivity contribution in [3.05, 3.63) is 95.8 Å². The molecule has 0 bridgehead atoms. The van der Waals surface area contributed by atoms with Crippen LogP contribution in [-0.4, -0.2) is 13.4 Å². The number of nitrogens with zero attached hydrogens (tertiary/aromatic N) is 1. The van der Waals surface area contributed by atoms with E-state index in [1.54, 1.807) is 54.7 Å². The van der Waals surface area contributed by atoms with E-state index in [0.717, 1.165) is 16.7 Å². The van der Waals surface area contributed by atoms with Crippen molar-refractivity contribution < 1.29 is 17.5 Å². The van der Waals surface area contributed by atoms with Crippen molar-refractivity contribution in [1.82, 2.24) is 9.71 Å². The lowest BCUT2D eigenvalue weighted by Crippen LogP contribution is -2.23. The zero-order chi connectivity index (χ0) is 21.0. The molecule has 0 saturated carbocycles. The Bertz CT molecular complexity index is 1210. The second-order valence-corrected chi connectivity index (χ2v) is 9.02. The first-order valence-electron chi connectivity index (χ1n) is 9.01. The first kappa shape index (κ1) is 20.2. The molecule has 152 valence electrons. The minimum Gasteiger partial charge on any atom is -0.431 e. The SMILES string of the molecule is O=S(=O)(NCc1ccc(Oc2nccs2)cc1)c1ccc(-c2ccc(F)cc2)cc1. The van der Waals surface area contributed by atoms with Gasteiger partial charge in [0.2, 0.25) is 10.0 Å². The number of benzene rings is 3. The Morgan fingerprint density at radius 1 is 0.900 bits per heavy atom. The quantitative estimate of drug-likeness (QED) is 0.428. The Morgan fingerprint density at radius 2 is 1.53 bits per heavy atom. The number of hydrogen-bond acceptors (Lipinski definition) is 5.